The number of hydrogen-bond donors (Lipinski definition) is 0. The lowest BCUT2D eigenvalue weighted by atomic mass is 9.95. The third-order valence-electron chi connectivity index (χ3n) is 6.01. The summed E-state index contributed by atoms with van der Waals surface area (Å²) in [5.41, 5.74) is 8.60. The molecule has 0 radical (unpaired) electrons. The van der Waals surface area contributed by atoms with Crippen LogP contribution < -0.4 is 4.90 Å². The van der Waals surface area contributed by atoms with Gasteiger partial charge in [0, 0.05) is 35.7 Å². The van der Waals surface area contributed by atoms with E-state index in [1.165, 1.54) is 16.7 Å². The van der Waals surface area contributed by atoms with E-state index in [1.807, 2.05) is 18.5 Å². The Kier molecular flexibility index (Phi) is 6.56. The Bertz CT molecular complexity index is 1270. The minimum absolute atomic E-state index is 0.119. The second-order valence-electron chi connectivity index (χ2n) is 10.2. The van der Waals surface area contributed by atoms with Gasteiger partial charge in [0.05, 0.1) is 11.4 Å². The van der Waals surface area contributed by atoms with Crippen molar-refractivity contribution in [2.24, 2.45) is 0 Å². The van der Waals surface area contributed by atoms with Gasteiger partial charge < -0.3 is 9.64 Å². The molecule has 1 aliphatic heterocycles. The number of pyridine rings is 1. The first kappa shape index (κ1) is 23.7. The van der Waals surface area contributed by atoms with Gasteiger partial charge in [0.2, 0.25) is 0 Å². The van der Waals surface area contributed by atoms with Crippen LogP contribution >= 0.6 is 0 Å². The van der Waals surface area contributed by atoms with E-state index in [0.717, 1.165) is 46.5 Å². The Morgan fingerprint density at radius 1 is 0.971 bits per heavy atom. The van der Waals surface area contributed by atoms with Gasteiger partial charge in [-0.2, -0.15) is 0 Å². The van der Waals surface area contributed by atoms with Crippen LogP contribution in [0.2, 0.25) is 0 Å². The maximum Gasteiger partial charge on any atom is 0.134 e. The molecule has 3 heterocycles. The molecule has 0 saturated carbocycles. The van der Waals surface area contributed by atoms with E-state index in [1.54, 1.807) is 0 Å². The first-order chi connectivity index (χ1) is 16.1. The number of nitrogens with zero attached hydrogens (tertiary/aromatic N) is 4. The number of anilines is 1. The molecule has 2 aromatic heterocycles. The highest BCUT2D eigenvalue weighted by Gasteiger charge is 2.22. The van der Waals surface area contributed by atoms with Crippen LogP contribution in [0.25, 0.3) is 11.4 Å². The van der Waals surface area contributed by atoms with Gasteiger partial charge in [-0.3, -0.25) is 4.98 Å². The zero-order valence-corrected chi connectivity index (χ0v) is 21.3. The van der Waals surface area contributed by atoms with Crippen molar-refractivity contribution in [2.75, 3.05) is 11.4 Å². The fourth-order valence-corrected chi connectivity index (χ4v) is 4.04. The fraction of sp³-hybridized carbons (Fsp3) is 0.345. The van der Waals surface area contributed by atoms with Crippen LogP contribution in [0.3, 0.4) is 0 Å². The minimum Gasteiger partial charge on any atom is -0.489 e. The topological polar surface area (TPSA) is 51.1 Å². The summed E-state index contributed by atoms with van der Waals surface area (Å²) in [4.78, 5) is 16.3. The molecule has 0 fully saturated rings. The lowest BCUT2D eigenvalue weighted by Crippen LogP contribution is -2.28. The van der Waals surface area contributed by atoms with Crippen molar-refractivity contribution in [1.29, 1.82) is 0 Å². The van der Waals surface area contributed by atoms with Crippen LogP contribution in [0.4, 0.5) is 5.69 Å². The lowest BCUT2D eigenvalue weighted by Gasteiger charge is -2.32. The van der Waals surface area contributed by atoms with Crippen LogP contribution in [0, 0.1) is 13.8 Å². The summed E-state index contributed by atoms with van der Waals surface area (Å²) in [5, 5.41) is 0. The van der Waals surface area contributed by atoms with Crippen molar-refractivity contribution in [1.82, 2.24) is 15.0 Å². The van der Waals surface area contributed by atoms with Crippen molar-refractivity contribution < 1.29 is 4.74 Å². The van der Waals surface area contributed by atoms with Gasteiger partial charge in [-0.25, -0.2) is 9.97 Å². The van der Waals surface area contributed by atoms with Crippen molar-refractivity contribution >= 4 is 5.69 Å². The minimum atomic E-state index is -0.119. The van der Waals surface area contributed by atoms with E-state index in [4.69, 9.17) is 9.72 Å². The molecule has 3 aromatic rings. The first-order valence-corrected chi connectivity index (χ1v) is 11.8. The molecule has 0 amide bonds. The van der Waals surface area contributed by atoms with Crippen LogP contribution in [0.5, 0.6) is 0 Å². The lowest BCUT2D eigenvalue weighted by molar-refractivity contribution is 0.206. The van der Waals surface area contributed by atoms with Gasteiger partial charge in [0.1, 0.15) is 18.2 Å². The summed E-state index contributed by atoms with van der Waals surface area (Å²) in [7, 11) is 0. The van der Waals surface area contributed by atoms with Crippen LogP contribution in [-0.4, -0.2) is 21.5 Å². The van der Waals surface area contributed by atoms with Gasteiger partial charge in [-0.15, -0.1) is 0 Å². The molecule has 1 aliphatic rings. The molecule has 176 valence electrons. The van der Waals surface area contributed by atoms with Gasteiger partial charge in [0.15, 0.2) is 0 Å². The number of aryl methyl sites for hydroxylation is 2. The highest BCUT2D eigenvalue weighted by atomic mass is 16.5. The predicted molar refractivity (Wildman–Crippen MR) is 138 cm³/mol. The third kappa shape index (κ3) is 5.19. The summed E-state index contributed by atoms with van der Waals surface area (Å²) in [6.45, 7) is 16.2. The van der Waals surface area contributed by atoms with E-state index in [0.29, 0.717) is 6.61 Å². The number of hydrogen-bond acceptors (Lipinski definition) is 5. The second-order valence-corrected chi connectivity index (χ2v) is 10.2. The second kappa shape index (κ2) is 9.41. The van der Waals surface area contributed by atoms with E-state index in [2.05, 4.69) is 99.7 Å². The van der Waals surface area contributed by atoms with Crippen molar-refractivity contribution in [3.63, 3.8) is 0 Å². The highest BCUT2D eigenvalue weighted by molar-refractivity contribution is 5.67. The molecule has 0 N–H and O–H groups in total. The molecule has 0 atom stereocenters. The van der Waals surface area contributed by atoms with E-state index in [-0.39, 0.29) is 5.41 Å². The number of aromatic nitrogens is 3. The number of benzene rings is 1. The summed E-state index contributed by atoms with van der Waals surface area (Å²) in [6.07, 6.45) is 5.89. The maximum atomic E-state index is 6.21. The van der Waals surface area contributed by atoms with Gasteiger partial charge >= 0.3 is 0 Å². The standard InChI is InChI=1S/C29H34N4O/c1-19-9-8-10-23(13-19)18-34-27-14-22(4)33(17-21(27)3)26-15-25(31-16-20(26)2)24-11-12-30-28(32-24)29(5,6)7/h8-16H,17-18H2,1-7H3. The van der Waals surface area contributed by atoms with Gasteiger partial charge in [-0.1, -0.05) is 50.6 Å². The molecular formula is C29H34N4O. The van der Waals surface area contributed by atoms with E-state index >= 15 is 0 Å². The average Bonchev–Trinajstić information content (AvgIpc) is 2.79. The smallest absolute Gasteiger partial charge is 0.134 e. The molecule has 4 rings (SSSR count). The van der Waals surface area contributed by atoms with Gasteiger partial charge in [-0.05, 0) is 62.6 Å². The summed E-state index contributed by atoms with van der Waals surface area (Å²) in [5.74, 6) is 1.77. The molecule has 5 nitrogen and oxygen atoms in total. The molecule has 0 aliphatic carbocycles. The molecule has 5 heteroatoms. The summed E-state index contributed by atoms with van der Waals surface area (Å²) >= 11 is 0. The molecule has 34 heavy (non-hydrogen) atoms. The average molecular weight is 455 g/mol. The molecule has 0 bridgehead atoms. The monoisotopic (exact) mass is 454 g/mol. The van der Waals surface area contributed by atoms with Gasteiger partial charge in [0.25, 0.3) is 0 Å². The van der Waals surface area contributed by atoms with Crippen LogP contribution in [-0.2, 0) is 16.8 Å². The Balaban J connectivity index is 1.58. The fourth-order valence-electron chi connectivity index (χ4n) is 4.04. The number of ether oxygens (including phenoxy) is 1. The Hall–Kier alpha value is -3.47. The summed E-state index contributed by atoms with van der Waals surface area (Å²) in [6, 6.07) is 12.5. The highest BCUT2D eigenvalue weighted by Crippen LogP contribution is 2.32. The largest absolute Gasteiger partial charge is 0.489 e. The van der Waals surface area contributed by atoms with Crippen molar-refractivity contribution in [2.45, 2.75) is 60.5 Å². The SMILES string of the molecule is CC1=CC(OCc2cccc(C)c2)=C(C)CN1c1cc(-c2ccnc(C(C)(C)C)n2)ncc1C. The third-order valence-corrected chi connectivity index (χ3v) is 6.01. The maximum absolute atomic E-state index is 6.21. The quantitative estimate of drug-likeness (QED) is 0.431. The van der Waals surface area contributed by atoms with Crippen molar-refractivity contribution in [3.8, 4) is 11.4 Å². The normalized spacial score (nSPS) is 14.3. The van der Waals surface area contributed by atoms with E-state index < -0.39 is 0 Å². The number of rotatable bonds is 5. The molecule has 0 unspecified atom stereocenters. The molecule has 1 aromatic carbocycles. The van der Waals surface area contributed by atoms with Crippen molar-refractivity contribution in [3.05, 3.63) is 94.4 Å². The number of allylic oxidation sites excluding steroid dienone is 2. The Morgan fingerprint density at radius 3 is 2.50 bits per heavy atom. The Labute approximate surface area is 203 Å². The zero-order valence-electron chi connectivity index (χ0n) is 21.3. The van der Waals surface area contributed by atoms with Crippen LogP contribution in [0.15, 0.2) is 71.9 Å². The van der Waals surface area contributed by atoms with E-state index in [9.17, 15) is 0 Å². The molecular weight excluding hydrogens is 420 g/mol. The first-order valence-electron chi connectivity index (χ1n) is 11.8. The zero-order chi connectivity index (χ0) is 24.5. The predicted octanol–water partition coefficient (Wildman–Crippen LogP) is 6.67. The Morgan fingerprint density at radius 2 is 1.76 bits per heavy atom. The molecule has 0 saturated heterocycles. The van der Waals surface area contributed by atoms with Crippen LogP contribution in [0.1, 0.15) is 57.1 Å². The molecule has 0 spiro atoms. The summed E-state index contributed by atoms with van der Waals surface area (Å²) < 4.78 is 6.21.